The molecule has 2 amide bonds. The van der Waals surface area contributed by atoms with Gasteiger partial charge in [-0.1, -0.05) is 91.7 Å². The smallest absolute Gasteiger partial charge is 0.265 e. The summed E-state index contributed by atoms with van der Waals surface area (Å²) in [5.41, 5.74) is 2.43. The molecule has 1 aliphatic rings. The highest BCUT2D eigenvalue weighted by molar-refractivity contribution is 7.93. The molecule has 4 aromatic carbocycles. The Bertz CT molecular complexity index is 1690. The quantitative estimate of drug-likeness (QED) is 0.177. The molecule has 0 saturated heterocycles. The summed E-state index contributed by atoms with van der Waals surface area (Å²) in [6.45, 7) is 2.97. The Morgan fingerprint density at radius 1 is 0.884 bits per heavy atom. The molecular formula is C34H36ClN3O4S. The SMILES string of the molecule is CCCCNC(=O)C(Cc1ccccc1)N(Cc1ccc(Cl)cc1)C(=O)CCCN1c2cccc3cccc(c23)S1(=O)=O. The number of nitrogens with one attached hydrogen (secondary N) is 1. The zero-order valence-corrected chi connectivity index (χ0v) is 25.8. The van der Waals surface area contributed by atoms with E-state index in [2.05, 4.69) is 12.2 Å². The molecule has 7 nitrogen and oxygen atoms in total. The Labute approximate surface area is 258 Å². The lowest BCUT2D eigenvalue weighted by Gasteiger charge is -2.32. The lowest BCUT2D eigenvalue weighted by molar-refractivity contribution is -0.141. The van der Waals surface area contributed by atoms with E-state index >= 15 is 0 Å². The number of carbonyl (C=O) groups excluding carboxylic acids is 2. The third-order valence-corrected chi connectivity index (χ3v) is 9.91. The third-order valence-electron chi connectivity index (χ3n) is 7.80. The molecule has 1 N–H and O–H groups in total. The molecule has 0 aliphatic carbocycles. The van der Waals surface area contributed by atoms with E-state index < -0.39 is 16.1 Å². The predicted molar refractivity (Wildman–Crippen MR) is 172 cm³/mol. The van der Waals surface area contributed by atoms with Gasteiger partial charge in [-0.25, -0.2) is 8.42 Å². The summed E-state index contributed by atoms with van der Waals surface area (Å²) in [5, 5.41) is 5.19. The lowest BCUT2D eigenvalue weighted by atomic mass is 10.0. The number of carbonyl (C=O) groups is 2. The normalized spacial score (nSPS) is 14.0. The van der Waals surface area contributed by atoms with Crippen LogP contribution < -0.4 is 9.62 Å². The number of halogens is 1. The number of hydrogen-bond donors (Lipinski definition) is 1. The minimum absolute atomic E-state index is 0.0828. The van der Waals surface area contributed by atoms with Gasteiger partial charge in [-0.05, 0) is 53.6 Å². The van der Waals surface area contributed by atoms with E-state index in [1.807, 2.05) is 66.7 Å². The first-order valence-electron chi connectivity index (χ1n) is 14.7. The molecule has 0 saturated carbocycles. The number of hydrogen-bond acceptors (Lipinski definition) is 4. The Morgan fingerprint density at radius 3 is 2.33 bits per heavy atom. The highest BCUT2D eigenvalue weighted by atomic mass is 35.5. The molecular weight excluding hydrogens is 582 g/mol. The largest absolute Gasteiger partial charge is 0.354 e. The maximum absolute atomic E-state index is 14.0. The fourth-order valence-electron chi connectivity index (χ4n) is 5.56. The van der Waals surface area contributed by atoms with Gasteiger partial charge in [0, 0.05) is 42.9 Å². The van der Waals surface area contributed by atoms with E-state index in [-0.39, 0.29) is 31.3 Å². The molecule has 5 rings (SSSR count). The number of unbranched alkanes of at least 4 members (excludes halogenated alkanes) is 1. The number of benzene rings is 4. The summed E-state index contributed by atoms with van der Waals surface area (Å²) in [4.78, 5) is 29.5. The monoisotopic (exact) mass is 617 g/mol. The molecule has 4 aromatic rings. The molecule has 1 unspecified atom stereocenters. The van der Waals surface area contributed by atoms with Crippen LogP contribution in [0.3, 0.4) is 0 Å². The summed E-state index contributed by atoms with van der Waals surface area (Å²) in [5.74, 6) is -0.419. The van der Waals surface area contributed by atoms with Crippen LogP contribution in [0.2, 0.25) is 5.02 Å². The van der Waals surface area contributed by atoms with E-state index in [0.29, 0.717) is 40.4 Å². The van der Waals surface area contributed by atoms with Gasteiger partial charge >= 0.3 is 0 Å². The second-order valence-corrected chi connectivity index (χ2v) is 13.1. The topological polar surface area (TPSA) is 86.8 Å². The number of amides is 2. The van der Waals surface area contributed by atoms with E-state index in [4.69, 9.17) is 11.6 Å². The van der Waals surface area contributed by atoms with Crippen molar-refractivity contribution in [3.63, 3.8) is 0 Å². The van der Waals surface area contributed by atoms with Crippen molar-refractivity contribution in [3.05, 3.63) is 107 Å². The zero-order valence-electron chi connectivity index (χ0n) is 24.2. The van der Waals surface area contributed by atoms with Crippen LogP contribution in [-0.4, -0.2) is 44.3 Å². The Balaban J connectivity index is 1.38. The van der Waals surface area contributed by atoms with Crippen molar-refractivity contribution in [2.24, 2.45) is 0 Å². The average Bonchev–Trinajstić information content (AvgIpc) is 3.23. The number of nitrogens with zero attached hydrogens (tertiary/aromatic N) is 2. The fourth-order valence-corrected chi connectivity index (χ4v) is 7.44. The number of rotatable bonds is 13. The molecule has 224 valence electrons. The molecule has 1 aliphatic heterocycles. The minimum atomic E-state index is -3.72. The fraction of sp³-hybridized carbons (Fsp3) is 0.294. The molecule has 9 heteroatoms. The minimum Gasteiger partial charge on any atom is -0.354 e. The van der Waals surface area contributed by atoms with Gasteiger partial charge in [0.2, 0.25) is 11.8 Å². The standard InChI is InChI=1S/C34H36ClN3O4S/c1-2-3-21-36-34(40)30(23-25-10-5-4-6-11-25)37(24-26-17-19-28(35)20-18-26)32(39)16-9-22-38-29-14-7-12-27-13-8-15-31(33(27)29)43(38,41)42/h4-8,10-15,17-20,30H,2-3,9,16,21-24H2,1H3,(H,36,40). The Morgan fingerprint density at radius 2 is 1.60 bits per heavy atom. The summed E-state index contributed by atoms with van der Waals surface area (Å²) < 4.78 is 28.3. The van der Waals surface area contributed by atoms with E-state index in [1.54, 1.807) is 29.2 Å². The van der Waals surface area contributed by atoms with Gasteiger partial charge in [-0.3, -0.25) is 13.9 Å². The Hall–Kier alpha value is -3.88. The first-order chi connectivity index (χ1) is 20.8. The van der Waals surface area contributed by atoms with Gasteiger partial charge < -0.3 is 10.2 Å². The van der Waals surface area contributed by atoms with Gasteiger partial charge in [0.05, 0.1) is 10.6 Å². The second kappa shape index (κ2) is 13.6. The third kappa shape index (κ3) is 6.86. The van der Waals surface area contributed by atoms with Crippen molar-refractivity contribution in [3.8, 4) is 0 Å². The summed E-state index contributed by atoms with van der Waals surface area (Å²) in [6, 6.07) is 27.0. The van der Waals surface area contributed by atoms with Crippen molar-refractivity contribution >= 4 is 49.9 Å². The van der Waals surface area contributed by atoms with Gasteiger partial charge in [0.25, 0.3) is 10.0 Å². The van der Waals surface area contributed by atoms with Crippen molar-refractivity contribution in [2.45, 2.75) is 56.5 Å². The molecule has 0 radical (unpaired) electrons. The average molecular weight is 618 g/mol. The van der Waals surface area contributed by atoms with E-state index in [0.717, 1.165) is 29.4 Å². The molecule has 1 heterocycles. The Kier molecular flexibility index (Phi) is 9.68. The van der Waals surface area contributed by atoms with Gasteiger partial charge in [-0.2, -0.15) is 0 Å². The van der Waals surface area contributed by atoms with Crippen molar-refractivity contribution < 1.29 is 18.0 Å². The van der Waals surface area contributed by atoms with Crippen LogP contribution in [-0.2, 0) is 32.6 Å². The van der Waals surface area contributed by atoms with E-state index in [1.165, 1.54) is 4.31 Å². The maximum atomic E-state index is 14.0. The van der Waals surface area contributed by atoms with Gasteiger partial charge in [-0.15, -0.1) is 0 Å². The van der Waals surface area contributed by atoms with E-state index in [9.17, 15) is 18.0 Å². The first-order valence-corrected chi connectivity index (χ1v) is 16.5. The van der Waals surface area contributed by atoms with Crippen molar-refractivity contribution in [1.82, 2.24) is 10.2 Å². The van der Waals surface area contributed by atoms with Crippen molar-refractivity contribution in [1.29, 1.82) is 0 Å². The predicted octanol–water partition coefficient (Wildman–Crippen LogP) is 6.34. The second-order valence-electron chi connectivity index (χ2n) is 10.8. The van der Waals surface area contributed by atoms with Crippen LogP contribution in [0.1, 0.15) is 43.7 Å². The number of anilines is 1. The highest BCUT2D eigenvalue weighted by Gasteiger charge is 2.36. The summed E-state index contributed by atoms with van der Waals surface area (Å²) in [7, 11) is -3.72. The summed E-state index contributed by atoms with van der Waals surface area (Å²) in [6.07, 6.45) is 2.52. The lowest BCUT2D eigenvalue weighted by Crippen LogP contribution is -2.50. The number of sulfonamides is 1. The first kappa shape index (κ1) is 30.6. The molecule has 0 spiro atoms. The molecule has 0 aromatic heterocycles. The van der Waals surface area contributed by atoms with Crippen LogP contribution in [0.15, 0.2) is 95.9 Å². The van der Waals surface area contributed by atoms with Crippen LogP contribution in [0.5, 0.6) is 0 Å². The highest BCUT2D eigenvalue weighted by Crippen LogP contribution is 2.42. The summed E-state index contributed by atoms with van der Waals surface area (Å²) >= 11 is 6.12. The van der Waals surface area contributed by atoms with Crippen LogP contribution in [0.4, 0.5) is 5.69 Å². The molecule has 1 atom stereocenters. The zero-order chi connectivity index (χ0) is 30.4. The molecule has 43 heavy (non-hydrogen) atoms. The molecule has 0 bridgehead atoms. The maximum Gasteiger partial charge on any atom is 0.265 e. The van der Waals surface area contributed by atoms with Gasteiger partial charge in [0.15, 0.2) is 0 Å². The van der Waals surface area contributed by atoms with Gasteiger partial charge in [0.1, 0.15) is 6.04 Å². The van der Waals surface area contributed by atoms with Crippen LogP contribution in [0, 0.1) is 0 Å². The van der Waals surface area contributed by atoms with Crippen molar-refractivity contribution in [2.75, 3.05) is 17.4 Å². The van der Waals surface area contributed by atoms with Crippen LogP contribution in [0.25, 0.3) is 10.8 Å². The van der Waals surface area contributed by atoms with Crippen LogP contribution >= 0.6 is 11.6 Å². The molecule has 0 fully saturated rings.